The molecule has 1 heterocycles. The molecule has 0 atom stereocenters. The van der Waals surface area contributed by atoms with E-state index in [1.54, 1.807) is 11.8 Å². The maximum Gasteiger partial charge on any atom is 0.165 e. The average molecular weight is 237 g/mol. The number of benzene rings is 1. The summed E-state index contributed by atoms with van der Waals surface area (Å²) >= 11 is 1.70. The van der Waals surface area contributed by atoms with Crippen molar-refractivity contribution in [1.82, 2.24) is 5.32 Å². The third-order valence-corrected chi connectivity index (χ3v) is 3.80. The van der Waals surface area contributed by atoms with Crippen molar-refractivity contribution in [3.8, 4) is 11.5 Å². The van der Waals surface area contributed by atoms with Crippen molar-refractivity contribution < 1.29 is 10.2 Å². The van der Waals surface area contributed by atoms with Gasteiger partial charge in [-0.2, -0.15) is 0 Å². The standard InChI is InChI=1S/C12H15NO2S/c1-13-5-4-8-6-9-11(16-7-8)3-2-10(14)12(9)15/h2-3,6,13-15H,4-5,7H2,1H3. The Bertz CT molecular complexity index is 429. The predicted molar refractivity (Wildman–Crippen MR) is 67.0 cm³/mol. The molecule has 16 heavy (non-hydrogen) atoms. The monoisotopic (exact) mass is 237 g/mol. The van der Waals surface area contributed by atoms with Gasteiger partial charge in [0, 0.05) is 16.2 Å². The highest BCUT2D eigenvalue weighted by atomic mass is 32.2. The minimum atomic E-state index is -0.0505. The summed E-state index contributed by atoms with van der Waals surface area (Å²) in [5.74, 6) is 0.899. The van der Waals surface area contributed by atoms with Crippen LogP contribution in [0.5, 0.6) is 11.5 Å². The zero-order valence-corrected chi connectivity index (χ0v) is 9.97. The lowest BCUT2D eigenvalue weighted by atomic mass is 10.1. The van der Waals surface area contributed by atoms with Crippen LogP contribution in [-0.4, -0.2) is 29.6 Å². The first-order valence-electron chi connectivity index (χ1n) is 5.24. The van der Waals surface area contributed by atoms with Gasteiger partial charge in [0.25, 0.3) is 0 Å². The van der Waals surface area contributed by atoms with Crippen molar-refractivity contribution in [2.75, 3.05) is 19.3 Å². The molecule has 86 valence electrons. The molecule has 1 aromatic rings. The summed E-state index contributed by atoms with van der Waals surface area (Å²) in [6.45, 7) is 0.932. The highest BCUT2D eigenvalue weighted by Gasteiger charge is 2.16. The second-order valence-corrected chi connectivity index (χ2v) is 4.81. The molecule has 0 unspecified atom stereocenters. The number of fused-ring (bicyclic) bond motifs is 1. The van der Waals surface area contributed by atoms with Gasteiger partial charge in [0.1, 0.15) is 0 Å². The number of nitrogens with one attached hydrogen (secondary N) is 1. The number of hydrogen-bond acceptors (Lipinski definition) is 4. The van der Waals surface area contributed by atoms with Crippen LogP contribution in [0.4, 0.5) is 0 Å². The Morgan fingerprint density at radius 2 is 2.19 bits per heavy atom. The number of aromatic hydroxyl groups is 2. The van der Waals surface area contributed by atoms with E-state index in [9.17, 15) is 10.2 Å². The highest BCUT2D eigenvalue weighted by molar-refractivity contribution is 7.99. The van der Waals surface area contributed by atoms with E-state index >= 15 is 0 Å². The van der Waals surface area contributed by atoms with Gasteiger partial charge in [-0.15, -0.1) is 11.8 Å². The lowest BCUT2D eigenvalue weighted by Crippen LogP contribution is -2.10. The minimum absolute atomic E-state index is 0.00772. The molecule has 1 aromatic carbocycles. The van der Waals surface area contributed by atoms with Gasteiger partial charge >= 0.3 is 0 Å². The summed E-state index contributed by atoms with van der Waals surface area (Å²) in [7, 11) is 1.92. The molecule has 0 radical (unpaired) electrons. The van der Waals surface area contributed by atoms with Crippen LogP contribution in [-0.2, 0) is 0 Å². The smallest absolute Gasteiger partial charge is 0.165 e. The summed E-state index contributed by atoms with van der Waals surface area (Å²) in [6, 6.07) is 3.38. The molecule has 0 spiro atoms. The van der Waals surface area contributed by atoms with Crippen LogP contribution in [0.2, 0.25) is 0 Å². The van der Waals surface area contributed by atoms with Gasteiger partial charge in [-0.1, -0.05) is 5.57 Å². The molecule has 3 nitrogen and oxygen atoms in total. The summed E-state index contributed by atoms with van der Waals surface area (Å²) in [6.07, 6.45) is 2.95. The first kappa shape index (κ1) is 11.4. The number of rotatable bonds is 3. The Balaban J connectivity index is 2.30. The Morgan fingerprint density at radius 3 is 2.94 bits per heavy atom. The molecule has 0 amide bonds. The third kappa shape index (κ3) is 2.18. The van der Waals surface area contributed by atoms with Crippen molar-refractivity contribution in [2.45, 2.75) is 11.3 Å². The maximum atomic E-state index is 9.76. The molecule has 0 bridgehead atoms. The van der Waals surface area contributed by atoms with Crippen LogP contribution in [0.3, 0.4) is 0 Å². The second-order valence-electron chi connectivity index (χ2n) is 3.79. The first-order chi connectivity index (χ1) is 7.72. The fourth-order valence-corrected chi connectivity index (χ4v) is 2.73. The van der Waals surface area contributed by atoms with E-state index in [0.717, 1.165) is 29.2 Å². The summed E-state index contributed by atoms with van der Waals surface area (Å²) in [4.78, 5) is 1.03. The molecular formula is C12H15NO2S. The lowest BCUT2D eigenvalue weighted by molar-refractivity contribution is 0.401. The van der Waals surface area contributed by atoms with Gasteiger partial charge in [-0.05, 0) is 38.2 Å². The quantitative estimate of drug-likeness (QED) is 0.705. The fraction of sp³-hybridized carbons (Fsp3) is 0.333. The van der Waals surface area contributed by atoms with Crippen molar-refractivity contribution in [2.24, 2.45) is 0 Å². The molecular weight excluding hydrogens is 222 g/mol. The van der Waals surface area contributed by atoms with Gasteiger partial charge in [-0.25, -0.2) is 0 Å². The predicted octanol–water partition coefficient (Wildman–Crippen LogP) is 2.20. The van der Waals surface area contributed by atoms with Crippen molar-refractivity contribution >= 4 is 17.8 Å². The van der Waals surface area contributed by atoms with Crippen LogP contribution < -0.4 is 5.32 Å². The SMILES string of the molecule is CNCCC1=Cc2c(ccc(O)c2O)SC1. The first-order valence-corrected chi connectivity index (χ1v) is 6.22. The van der Waals surface area contributed by atoms with E-state index in [-0.39, 0.29) is 11.5 Å². The van der Waals surface area contributed by atoms with Crippen LogP contribution in [0.1, 0.15) is 12.0 Å². The second kappa shape index (κ2) is 4.80. The van der Waals surface area contributed by atoms with Crippen LogP contribution in [0.25, 0.3) is 6.08 Å². The molecule has 1 aliphatic heterocycles. The molecule has 4 heteroatoms. The molecule has 0 fully saturated rings. The van der Waals surface area contributed by atoms with Crippen LogP contribution in [0.15, 0.2) is 22.6 Å². The Hall–Kier alpha value is -1.13. The topological polar surface area (TPSA) is 52.5 Å². The molecule has 1 aliphatic rings. The van der Waals surface area contributed by atoms with Crippen LogP contribution >= 0.6 is 11.8 Å². The third-order valence-electron chi connectivity index (χ3n) is 2.61. The molecule has 0 aromatic heterocycles. The van der Waals surface area contributed by atoms with E-state index in [4.69, 9.17) is 0 Å². The maximum absolute atomic E-state index is 9.76. The zero-order valence-electron chi connectivity index (χ0n) is 9.16. The fourth-order valence-electron chi connectivity index (χ4n) is 1.69. The zero-order chi connectivity index (χ0) is 11.5. The molecule has 0 saturated carbocycles. The molecule has 0 saturated heterocycles. The molecule has 2 rings (SSSR count). The van der Waals surface area contributed by atoms with E-state index in [1.165, 1.54) is 11.6 Å². The normalized spacial score (nSPS) is 14.4. The highest BCUT2D eigenvalue weighted by Crippen LogP contribution is 2.41. The van der Waals surface area contributed by atoms with Crippen molar-refractivity contribution in [1.29, 1.82) is 0 Å². The van der Waals surface area contributed by atoms with Gasteiger partial charge < -0.3 is 15.5 Å². The minimum Gasteiger partial charge on any atom is -0.504 e. The summed E-state index contributed by atoms with van der Waals surface area (Å²) in [5.41, 5.74) is 2.04. The van der Waals surface area contributed by atoms with Gasteiger partial charge in [0.2, 0.25) is 0 Å². The van der Waals surface area contributed by atoms with Gasteiger partial charge in [0.05, 0.1) is 0 Å². The van der Waals surface area contributed by atoms with E-state index in [1.807, 2.05) is 19.2 Å². The summed E-state index contributed by atoms with van der Waals surface area (Å²) < 4.78 is 0. The average Bonchev–Trinajstić information content (AvgIpc) is 2.31. The Kier molecular flexibility index (Phi) is 3.41. The van der Waals surface area contributed by atoms with Crippen molar-refractivity contribution in [3.05, 3.63) is 23.3 Å². The summed E-state index contributed by atoms with van der Waals surface area (Å²) in [5, 5.41) is 22.3. The molecule has 3 N–H and O–H groups in total. The number of thioether (sulfide) groups is 1. The van der Waals surface area contributed by atoms with Crippen LogP contribution in [0, 0.1) is 0 Å². The number of phenols is 2. The molecule has 0 aliphatic carbocycles. The van der Waals surface area contributed by atoms with Crippen molar-refractivity contribution in [3.63, 3.8) is 0 Å². The Morgan fingerprint density at radius 1 is 1.38 bits per heavy atom. The van der Waals surface area contributed by atoms with Gasteiger partial charge in [-0.3, -0.25) is 0 Å². The Labute approximate surface area is 99.2 Å². The lowest BCUT2D eigenvalue weighted by Gasteiger charge is -2.17. The number of hydrogen-bond donors (Lipinski definition) is 3. The largest absolute Gasteiger partial charge is 0.504 e. The van der Waals surface area contributed by atoms with E-state index in [2.05, 4.69) is 5.32 Å². The number of phenolic OH excluding ortho intramolecular Hbond substituents is 2. The van der Waals surface area contributed by atoms with E-state index in [0.29, 0.717) is 0 Å². The van der Waals surface area contributed by atoms with Gasteiger partial charge in [0.15, 0.2) is 11.5 Å². The van der Waals surface area contributed by atoms with E-state index < -0.39 is 0 Å².